The second-order valence-electron chi connectivity index (χ2n) is 6.44. The van der Waals surface area contributed by atoms with E-state index in [4.69, 9.17) is 4.74 Å². The van der Waals surface area contributed by atoms with Crippen LogP contribution in [-0.4, -0.2) is 31.8 Å². The van der Waals surface area contributed by atoms with Crippen LogP contribution in [0.2, 0.25) is 0 Å². The van der Waals surface area contributed by atoms with Gasteiger partial charge in [-0.1, -0.05) is 26.8 Å². The monoisotopic (exact) mass is 276 g/mol. The summed E-state index contributed by atoms with van der Waals surface area (Å²) in [4.78, 5) is 2.55. The zero-order valence-electron chi connectivity index (χ0n) is 13.4. The lowest BCUT2D eigenvalue weighted by molar-refractivity contribution is 0.253. The van der Waals surface area contributed by atoms with Gasteiger partial charge in [0.1, 0.15) is 5.75 Å². The first-order chi connectivity index (χ1) is 9.49. The molecule has 1 aromatic carbocycles. The molecule has 0 radical (unpaired) electrons. The van der Waals surface area contributed by atoms with Gasteiger partial charge < -0.3 is 15.0 Å². The minimum atomic E-state index is 0.189. The maximum Gasteiger partial charge on any atom is 0.120 e. The SMILES string of the molecule is CCC1(C)CN(c2cccc(OC)c2)C(C(C)C)CN1. The van der Waals surface area contributed by atoms with Gasteiger partial charge in [0, 0.05) is 36.4 Å². The number of methoxy groups -OCH3 is 1. The van der Waals surface area contributed by atoms with E-state index in [9.17, 15) is 0 Å². The summed E-state index contributed by atoms with van der Waals surface area (Å²) in [5, 5.41) is 3.73. The minimum absolute atomic E-state index is 0.189. The summed E-state index contributed by atoms with van der Waals surface area (Å²) in [5.74, 6) is 1.55. The molecule has 1 aromatic rings. The molecule has 1 saturated heterocycles. The molecule has 3 heteroatoms. The van der Waals surface area contributed by atoms with Crippen molar-refractivity contribution in [2.45, 2.75) is 45.7 Å². The van der Waals surface area contributed by atoms with Crippen molar-refractivity contribution < 1.29 is 4.74 Å². The smallest absolute Gasteiger partial charge is 0.120 e. The molecule has 1 N–H and O–H groups in total. The molecule has 3 nitrogen and oxygen atoms in total. The zero-order valence-corrected chi connectivity index (χ0v) is 13.4. The molecule has 1 fully saturated rings. The molecule has 112 valence electrons. The van der Waals surface area contributed by atoms with Crippen LogP contribution in [0.5, 0.6) is 5.75 Å². The van der Waals surface area contributed by atoms with E-state index in [1.165, 1.54) is 5.69 Å². The molecule has 1 aliphatic heterocycles. The van der Waals surface area contributed by atoms with Crippen molar-refractivity contribution in [2.24, 2.45) is 5.92 Å². The van der Waals surface area contributed by atoms with Crippen molar-refractivity contribution in [3.63, 3.8) is 0 Å². The molecule has 0 aromatic heterocycles. The average molecular weight is 276 g/mol. The summed E-state index contributed by atoms with van der Waals surface area (Å²) in [5.41, 5.74) is 1.46. The second-order valence-corrected chi connectivity index (χ2v) is 6.44. The van der Waals surface area contributed by atoms with Gasteiger partial charge >= 0.3 is 0 Å². The van der Waals surface area contributed by atoms with Gasteiger partial charge in [0.25, 0.3) is 0 Å². The highest BCUT2D eigenvalue weighted by molar-refractivity contribution is 5.52. The molecule has 2 atom stereocenters. The summed E-state index contributed by atoms with van der Waals surface area (Å²) in [6, 6.07) is 8.96. The van der Waals surface area contributed by atoms with Crippen LogP contribution < -0.4 is 15.0 Å². The molecule has 2 unspecified atom stereocenters. The van der Waals surface area contributed by atoms with Gasteiger partial charge in [0.05, 0.1) is 7.11 Å². The van der Waals surface area contributed by atoms with Gasteiger partial charge in [0.15, 0.2) is 0 Å². The van der Waals surface area contributed by atoms with Crippen molar-refractivity contribution in [3.05, 3.63) is 24.3 Å². The first-order valence-corrected chi connectivity index (χ1v) is 7.65. The average Bonchev–Trinajstić information content (AvgIpc) is 2.47. The maximum absolute atomic E-state index is 5.38. The molecule has 0 amide bonds. The van der Waals surface area contributed by atoms with Crippen molar-refractivity contribution in [3.8, 4) is 5.75 Å². The van der Waals surface area contributed by atoms with E-state index in [2.05, 4.69) is 56.1 Å². The van der Waals surface area contributed by atoms with Gasteiger partial charge in [-0.25, -0.2) is 0 Å². The van der Waals surface area contributed by atoms with Crippen LogP contribution in [0.25, 0.3) is 0 Å². The largest absolute Gasteiger partial charge is 0.497 e. The standard InChI is InChI=1S/C17H28N2O/c1-6-17(4)12-19(16(11-18-17)13(2)3)14-8-7-9-15(10-14)20-5/h7-10,13,16,18H,6,11-12H2,1-5H3. The summed E-state index contributed by atoms with van der Waals surface area (Å²) < 4.78 is 5.38. The lowest BCUT2D eigenvalue weighted by Crippen LogP contribution is -2.64. The lowest BCUT2D eigenvalue weighted by Gasteiger charge is -2.48. The first-order valence-electron chi connectivity index (χ1n) is 7.65. The van der Waals surface area contributed by atoms with Crippen LogP contribution in [0, 0.1) is 5.92 Å². The number of ether oxygens (including phenoxy) is 1. The Bertz CT molecular complexity index is 446. The van der Waals surface area contributed by atoms with Gasteiger partial charge in [-0.05, 0) is 31.4 Å². The molecule has 0 saturated carbocycles. The maximum atomic E-state index is 5.38. The molecule has 20 heavy (non-hydrogen) atoms. The molecular formula is C17H28N2O. The van der Waals surface area contributed by atoms with E-state index in [0.717, 1.165) is 25.3 Å². The Balaban J connectivity index is 2.31. The number of benzene rings is 1. The molecule has 2 rings (SSSR count). The van der Waals surface area contributed by atoms with Gasteiger partial charge in [-0.2, -0.15) is 0 Å². The minimum Gasteiger partial charge on any atom is -0.497 e. The van der Waals surface area contributed by atoms with Crippen LogP contribution in [0.1, 0.15) is 34.1 Å². The number of nitrogens with one attached hydrogen (secondary N) is 1. The van der Waals surface area contributed by atoms with Gasteiger partial charge in [-0.3, -0.25) is 0 Å². The Morgan fingerprint density at radius 2 is 2.20 bits per heavy atom. The Hall–Kier alpha value is -1.22. The number of anilines is 1. The third kappa shape index (κ3) is 3.09. The van der Waals surface area contributed by atoms with Crippen LogP contribution in [-0.2, 0) is 0 Å². The van der Waals surface area contributed by atoms with Crippen LogP contribution in [0.3, 0.4) is 0 Å². The molecule has 1 heterocycles. The van der Waals surface area contributed by atoms with E-state index in [-0.39, 0.29) is 5.54 Å². The fraction of sp³-hybridized carbons (Fsp3) is 0.647. The van der Waals surface area contributed by atoms with Crippen LogP contribution in [0.4, 0.5) is 5.69 Å². The molecule has 1 aliphatic rings. The molecular weight excluding hydrogens is 248 g/mol. The number of rotatable bonds is 4. The van der Waals surface area contributed by atoms with Crippen molar-refractivity contribution in [1.82, 2.24) is 5.32 Å². The van der Waals surface area contributed by atoms with Crippen molar-refractivity contribution in [1.29, 1.82) is 0 Å². The van der Waals surface area contributed by atoms with E-state index >= 15 is 0 Å². The third-order valence-corrected chi connectivity index (χ3v) is 4.59. The van der Waals surface area contributed by atoms with Gasteiger partial charge in [0.2, 0.25) is 0 Å². The van der Waals surface area contributed by atoms with Crippen molar-refractivity contribution >= 4 is 5.69 Å². The Morgan fingerprint density at radius 1 is 1.45 bits per heavy atom. The van der Waals surface area contributed by atoms with Crippen LogP contribution >= 0.6 is 0 Å². The van der Waals surface area contributed by atoms with E-state index in [1.807, 2.05) is 6.07 Å². The highest BCUT2D eigenvalue weighted by Gasteiger charge is 2.35. The lowest BCUT2D eigenvalue weighted by atomic mass is 9.89. The Labute approximate surface area is 123 Å². The predicted octanol–water partition coefficient (Wildman–Crippen LogP) is 3.30. The molecule has 0 bridgehead atoms. The number of piperazine rings is 1. The quantitative estimate of drug-likeness (QED) is 0.913. The third-order valence-electron chi connectivity index (χ3n) is 4.59. The Kier molecular flexibility index (Phi) is 4.59. The number of hydrogen-bond acceptors (Lipinski definition) is 3. The number of nitrogens with zero attached hydrogens (tertiary/aromatic N) is 1. The number of hydrogen-bond donors (Lipinski definition) is 1. The van der Waals surface area contributed by atoms with Gasteiger partial charge in [-0.15, -0.1) is 0 Å². The molecule has 0 aliphatic carbocycles. The first kappa shape index (κ1) is 15.2. The Morgan fingerprint density at radius 3 is 2.80 bits per heavy atom. The second kappa shape index (κ2) is 6.04. The summed E-state index contributed by atoms with van der Waals surface area (Å²) in [6.45, 7) is 11.3. The predicted molar refractivity (Wildman–Crippen MR) is 85.7 cm³/mol. The van der Waals surface area contributed by atoms with E-state index in [0.29, 0.717) is 12.0 Å². The fourth-order valence-corrected chi connectivity index (χ4v) is 2.91. The normalized spacial score (nSPS) is 26.9. The highest BCUT2D eigenvalue weighted by atomic mass is 16.5. The van der Waals surface area contributed by atoms with E-state index < -0.39 is 0 Å². The highest BCUT2D eigenvalue weighted by Crippen LogP contribution is 2.30. The fourth-order valence-electron chi connectivity index (χ4n) is 2.91. The summed E-state index contributed by atoms with van der Waals surface area (Å²) >= 11 is 0. The van der Waals surface area contributed by atoms with E-state index in [1.54, 1.807) is 7.11 Å². The summed E-state index contributed by atoms with van der Waals surface area (Å²) in [6.07, 6.45) is 1.14. The zero-order chi connectivity index (χ0) is 14.8. The van der Waals surface area contributed by atoms with Crippen LogP contribution in [0.15, 0.2) is 24.3 Å². The topological polar surface area (TPSA) is 24.5 Å². The summed E-state index contributed by atoms with van der Waals surface area (Å²) in [7, 11) is 1.73. The molecule has 0 spiro atoms. The van der Waals surface area contributed by atoms with Crippen molar-refractivity contribution in [2.75, 3.05) is 25.1 Å².